The van der Waals surface area contributed by atoms with E-state index in [2.05, 4.69) is 10.3 Å². The molecule has 2 aromatic carbocycles. The van der Waals surface area contributed by atoms with E-state index >= 15 is 0 Å². The smallest absolute Gasteiger partial charge is 0.361 e. The predicted octanol–water partition coefficient (Wildman–Crippen LogP) is 4.73. The Bertz CT molecular complexity index is 1040. The van der Waals surface area contributed by atoms with Gasteiger partial charge in [0.1, 0.15) is 11.6 Å². The second-order valence-corrected chi connectivity index (χ2v) is 5.49. The topological polar surface area (TPSA) is 68.7 Å². The first-order chi connectivity index (χ1) is 12.4. The number of alkyl halides is 3. The monoisotopic (exact) mass is 355 g/mol. The predicted molar refractivity (Wildman–Crippen MR) is 92.0 cm³/mol. The van der Waals surface area contributed by atoms with E-state index < -0.39 is 17.6 Å². The molecule has 0 saturated carbocycles. The van der Waals surface area contributed by atoms with Crippen LogP contribution < -0.4 is 5.32 Å². The van der Waals surface area contributed by atoms with Crippen molar-refractivity contribution in [3.05, 3.63) is 71.4 Å². The highest BCUT2D eigenvalue weighted by molar-refractivity contribution is 6.10. The van der Waals surface area contributed by atoms with Crippen molar-refractivity contribution in [2.24, 2.45) is 0 Å². The van der Waals surface area contributed by atoms with Gasteiger partial charge < -0.3 is 10.3 Å². The first-order valence-electron chi connectivity index (χ1n) is 7.55. The minimum absolute atomic E-state index is 0.0371. The molecular weight excluding hydrogens is 343 g/mol. The van der Waals surface area contributed by atoms with Crippen molar-refractivity contribution in [2.45, 2.75) is 6.18 Å². The summed E-state index contributed by atoms with van der Waals surface area (Å²) in [6.07, 6.45) is -1.47. The number of amides is 1. The molecule has 0 spiro atoms. The molecule has 0 aliphatic heterocycles. The van der Waals surface area contributed by atoms with Gasteiger partial charge >= 0.3 is 6.18 Å². The van der Waals surface area contributed by atoms with Gasteiger partial charge in [-0.05, 0) is 30.3 Å². The number of aromatic amines is 1. The summed E-state index contributed by atoms with van der Waals surface area (Å²) in [6, 6.07) is 13.4. The van der Waals surface area contributed by atoms with E-state index in [9.17, 15) is 23.2 Å². The average Bonchev–Trinajstić information content (AvgIpc) is 3.02. The van der Waals surface area contributed by atoms with Crippen LogP contribution in [-0.4, -0.2) is 10.9 Å². The van der Waals surface area contributed by atoms with Gasteiger partial charge in [0.25, 0.3) is 5.91 Å². The van der Waals surface area contributed by atoms with Crippen LogP contribution in [0.5, 0.6) is 0 Å². The lowest BCUT2D eigenvalue weighted by molar-refractivity contribution is -0.137. The van der Waals surface area contributed by atoms with Crippen molar-refractivity contribution >= 4 is 28.6 Å². The van der Waals surface area contributed by atoms with Gasteiger partial charge in [-0.1, -0.05) is 24.3 Å². The molecule has 0 bridgehead atoms. The standard InChI is InChI=1S/C19H12F3N3O/c20-19(21,22)14-4-3-5-15(9-14)25-18(26)12(10-23)8-13-11-24-17-7-2-1-6-16(13)17/h1-9,11,24H,(H,25,26). The molecule has 1 heterocycles. The third kappa shape index (κ3) is 3.59. The molecule has 0 saturated heterocycles. The van der Waals surface area contributed by atoms with E-state index in [0.717, 1.165) is 23.0 Å². The number of carbonyl (C=O) groups excluding carboxylic acids is 1. The number of hydrogen-bond donors (Lipinski definition) is 2. The molecule has 0 aliphatic rings. The fourth-order valence-corrected chi connectivity index (χ4v) is 2.49. The van der Waals surface area contributed by atoms with Gasteiger partial charge in [-0.3, -0.25) is 4.79 Å². The SMILES string of the molecule is N#CC(=Cc1c[nH]c2ccccc12)C(=O)Nc1cccc(C(F)(F)F)c1. The van der Waals surface area contributed by atoms with Crippen LogP contribution in [0.15, 0.2) is 60.3 Å². The number of rotatable bonds is 3. The number of nitrogens with one attached hydrogen (secondary N) is 2. The van der Waals surface area contributed by atoms with Crippen molar-refractivity contribution in [2.75, 3.05) is 5.32 Å². The summed E-state index contributed by atoms with van der Waals surface area (Å²) in [5.41, 5.74) is 0.345. The molecule has 0 unspecified atom stereocenters. The Morgan fingerprint density at radius 2 is 1.92 bits per heavy atom. The largest absolute Gasteiger partial charge is 0.416 e. The summed E-state index contributed by atoms with van der Waals surface area (Å²) < 4.78 is 38.3. The fraction of sp³-hybridized carbons (Fsp3) is 0.0526. The second kappa shape index (κ2) is 6.76. The summed E-state index contributed by atoms with van der Waals surface area (Å²) in [6.45, 7) is 0. The second-order valence-electron chi connectivity index (χ2n) is 5.49. The third-order valence-electron chi connectivity index (χ3n) is 3.73. The van der Waals surface area contributed by atoms with E-state index in [1.54, 1.807) is 12.3 Å². The Morgan fingerprint density at radius 1 is 1.15 bits per heavy atom. The molecule has 0 radical (unpaired) electrons. The van der Waals surface area contributed by atoms with E-state index in [0.29, 0.717) is 5.56 Å². The first kappa shape index (κ1) is 17.3. The number of para-hydroxylation sites is 1. The Hall–Kier alpha value is -3.53. The number of aromatic nitrogens is 1. The summed E-state index contributed by atoms with van der Waals surface area (Å²) in [5, 5.41) is 12.4. The highest BCUT2D eigenvalue weighted by Crippen LogP contribution is 2.30. The number of carbonyl (C=O) groups is 1. The van der Waals surface area contributed by atoms with Crippen LogP contribution >= 0.6 is 0 Å². The first-order valence-corrected chi connectivity index (χ1v) is 7.55. The normalized spacial score (nSPS) is 12.0. The number of hydrogen-bond acceptors (Lipinski definition) is 2. The Kier molecular flexibility index (Phi) is 4.50. The maximum Gasteiger partial charge on any atom is 0.416 e. The van der Waals surface area contributed by atoms with E-state index in [1.165, 1.54) is 18.2 Å². The molecule has 3 aromatic rings. The number of halogens is 3. The number of fused-ring (bicyclic) bond motifs is 1. The fourth-order valence-electron chi connectivity index (χ4n) is 2.49. The van der Waals surface area contributed by atoms with Crippen LogP contribution in [0.25, 0.3) is 17.0 Å². The van der Waals surface area contributed by atoms with Gasteiger partial charge in [-0.15, -0.1) is 0 Å². The van der Waals surface area contributed by atoms with Crippen molar-refractivity contribution in [3.63, 3.8) is 0 Å². The summed E-state index contributed by atoms with van der Waals surface area (Å²) in [7, 11) is 0. The van der Waals surface area contributed by atoms with Gasteiger partial charge in [0, 0.05) is 28.4 Å². The van der Waals surface area contributed by atoms with Gasteiger partial charge in [0.15, 0.2) is 0 Å². The maximum absolute atomic E-state index is 12.8. The summed E-state index contributed by atoms with van der Waals surface area (Å²) >= 11 is 0. The minimum Gasteiger partial charge on any atom is -0.361 e. The molecule has 0 fully saturated rings. The van der Waals surface area contributed by atoms with E-state index in [4.69, 9.17) is 0 Å². The summed E-state index contributed by atoms with van der Waals surface area (Å²) in [5.74, 6) is -0.780. The molecule has 130 valence electrons. The van der Waals surface area contributed by atoms with Crippen LogP contribution in [0.4, 0.5) is 18.9 Å². The molecule has 1 aromatic heterocycles. The van der Waals surface area contributed by atoms with Crippen LogP contribution in [-0.2, 0) is 11.0 Å². The molecule has 26 heavy (non-hydrogen) atoms. The molecule has 2 N–H and O–H groups in total. The molecule has 0 aliphatic carbocycles. The molecule has 3 rings (SSSR count). The van der Waals surface area contributed by atoms with Gasteiger partial charge in [-0.2, -0.15) is 18.4 Å². The van der Waals surface area contributed by atoms with Gasteiger partial charge in [0.05, 0.1) is 5.56 Å². The lowest BCUT2D eigenvalue weighted by Gasteiger charge is -2.09. The molecule has 0 atom stereocenters. The van der Waals surface area contributed by atoms with Crippen LogP contribution in [0.1, 0.15) is 11.1 Å². The molecule has 1 amide bonds. The Balaban J connectivity index is 1.87. The number of nitrogens with zero attached hydrogens (tertiary/aromatic N) is 1. The zero-order valence-electron chi connectivity index (χ0n) is 13.3. The number of H-pyrrole nitrogens is 1. The summed E-state index contributed by atoms with van der Waals surface area (Å²) in [4.78, 5) is 15.3. The highest BCUT2D eigenvalue weighted by Gasteiger charge is 2.30. The van der Waals surface area contributed by atoms with Gasteiger partial charge in [-0.25, -0.2) is 0 Å². The van der Waals surface area contributed by atoms with Crippen LogP contribution in [0.2, 0.25) is 0 Å². The molecular formula is C19H12F3N3O. The maximum atomic E-state index is 12.8. The number of nitriles is 1. The number of benzene rings is 2. The third-order valence-corrected chi connectivity index (χ3v) is 3.73. The van der Waals surface area contributed by atoms with Crippen molar-refractivity contribution in [1.82, 2.24) is 4.98 Å². The minimum atomic E-state index is -4.52. The molecule has 7 heteroatoms. The van der Waals surface area contributed by atoms with Crippen molar-refractivity contribution < 1.29 is 18.0 Å². The zero-order chi connectivity index (χ0) is 18.7. The quantitative estimate of drug-likeness (QED) is 0.527. The number of anilines is 1. The van der Waals surface area contributed by atoms with Crippen molar-refractivity contribution in [3.8, 4) is 6.07 Å². The van der Waals surface area contributed by atoms with Crippen LogP contribution in [0.3, 0.4) is 0 Å². The highest BCUT2D eigenvalue weighted by atomic mass is 19.4. The molecule has 4 nitrogen and oxygen atoms in total. The zero-order valence-corrected chi connectivity index (χ0v) is 13.3. The Labute approximate surface area is 146 Å². The van der Waals surface area contributed by atoms with E-state index in [1.807, 2.05) is 24.3 Å². The van der Waals surface area contributed by atoms with E-state index in [-0.39, 0.29) is 11.3 Å². The average molecular weight is 355 g/mol. The van der Waals surface area contributed by atoms with Crippen molar-refractivity contribution in [1.29, 1.82) is 5.26 Å². The van der Waals surface area contributed by atoms with Gasteiger partial charge in [0.2, 0.25) is 0 Å². The lowest BCUT2D eigenvalue weighted by atomic mass is 10.1. The Morgan fingerprint density at radius 3 is 2.65 bits per heavy atom. The van der Waals surface area contributed by atoms with Crippen LogP contribution in [0, 0.1) is 11.3 Å². The lowest BCUT2D eigenvalue weighted by Crippen LogP contribution is -2.14.